The lowest BCUT2D eigenvalue weighted by Crippen LogP contribution is -2.45. The summed E-state index contributed by atoms with van der Waals surface area (Å²) in [6.07, 6.45) is 0. The van der Waals surface area contributed by atoms with E-state index in [1.54, 1.807) is 0 Å². The first-order valence-electron chi connectivity index (χ1n) is 5.16. The van der Waals surface area contributed by atoms with E-state index in [1.807, 2.05) is 14.9 Å². The molecule has 0 aliphatic rings. The fraction of sp³-hybridized carbons (Fsp3) is 1.00. The topological polar surface area (TPSA) is 32.3 Å². The summed E-state index contributed by atoms with van der Waals surface area (Å²) in [5, 5.41) is 12.9. The van der Waals surface area contributed by atoms with Gasteiger partial charge in [-0.05, 0) is 24.2 Å². The van der Waals surface area contributed by atoms with Crippen molar-refractivity contribution in [3.63, 3.8) is 0 Å². The van der Waals surface area contributed by atoms with Gasteiger partial charge in [0.05, 0.1) is 0 Å². The van der Waals surface area contributed by atoms with Crippen LogP contribution in [0.5, 0.6) is 0 Å². The number of hydrogen-bond acceptors (Lipinski definition) is 2. The van der Waals surface area contributed by atoms with Crippen LogP contribution in [0.1, 0.15) is 27.7 Å². The van der Waals surface area contributed by atoms with Crippen molar-refractivity contribution in [3.8, 4) is 0 Å². The zero-order chi connectivity index (χ0) is 10.6. The van der Waals surface area contributed by atoms with Crippen molar-refractivity contribution >= 4 is 15.1 Å². The lowest BCUT2D eigenvalue weighted by molar-refractivity contribution is 0.302. The van der Waals surface area contributed by atoms with Crippen molar-refractivity contribution in [3.05, 3.63) is 0 Å². The molecule has 0 saturated heterocycles. The smallest absolute Gasteiger partial charge is 0.154 e. The third-order valence-electron chi connectivity index (χ3n) is 2.64. The van der Waals surface area contributed by atoms with Crippen LogP contribution in [0.15, 0.2) is 0 Å². The van der Waals surface area contributed by atoms with Crippen LogP contribution >= 0.6 is 0 Å². The standard InChI is InChI=1S/C9H23B2NO/c1-6(2)7(12-5)9(3,4)11-8(10)13/h6-8,11-13H,10H2,1-5H3/t7-,8?/m0/s1. The minimum atomic E-state index is -0.218. The van der Waals surface area contributed by atoms with Gasteiger partial charge in [-0.1, -0.05) is 27.7 Å². The molecule has 0 aromatic carbocycles. The van der Waals surface area contributed by atoms with Crippen LogP contribution in [-0.2, 0) is 0 Å². The molecule has 0 amide bonds. The maximum Gasteiger partial charge on any atom is 0.154 e. The molecule has 76 valence electrons. The fourth-order valence-electron chi connectivity index (χ4n) is 2.51. The van der Waals surface area contributed by atoms with Gasteiger partial charge in [-0.2, -0.15) is 0 Å². The summed E-state index contributed by atoms with van der Waals surface area (Å²) in [5.74, 6) is 0.378. The van der Waals surface area contributed by atoms with E-state index >= 15 is 0 Å². The molecular formula is C9H23B2NO. The van der Waals surface area contributed by atoms with Crippen LogP contribution in [0.2, 0.25) is 5.31 Å². The SMILES string of the molecule is BC(O)BC(C)(C)[C@@H](NC)C(C)C. The Hall–Kier alpha value is 0.0499. The minimum absolute atomic E-state index is 0.150. The van der Waals surface area contributed by atoms with Crippen LogP contribution in [0.3, 0.4) is 0 Å². The second kappa shape index (κ2) is 5.06. The lowest BCUT2D eigenvalue weighted by atomic mass is 9.43. The summed E-state index contributed by atoms with van der Waals surface area (Å²) in [6.45, 7) is 8.84. The fourth-order valence-corrected chi connectivity index (χ4v) is 2.51. The molecule has 0 radical (unpaired) electrons. The van der Waals surface area contributed by atoms with Crippen LogP contribution in [-0.4, -0.2) is 39.2 Å². The molecule has 0 saturated carbocycles. The Morgan fingerprint density at radius 2 is 1.85 bits per heavy atom. The molecule has 4 heteroatoms. The normalized spacial score (nSPS) is 17.2. The van der Waals surface area contributed by atoms with Crippen molar-refractivity contribution in [1.29, 1.82) is 0 Å². The number of aliphatic hydroxyl groups excluding tert-OH is 1. The molecule has 0 bridgehead atoms. The highest BCUT2D eigenvalue weighted by atomic mass is 16.3. The molecule has 2 nitrogen and oxygen atoms in total. The highest BCUT2D eigenvalue weighted by molar-refractivity contribution is 6.52. The van der Waals surface area contributed by atoms with Gasteiger partial charge in [-0.15, -0.1) is 0 Å². The van der Waals surface area contributed by atoms with Crippen molar-refractivity contribution in [2.24, 2.45) is 5.92 Å². The molecule has 13 heavy (non-hydrogen) atoms. The highest BCUT2D eigenvalue weighted by Gasteiger charge is 2.32. The van der Waals surface area contributed by atoms with E-state index in [0.717, 1.165) is 7.28 Å². The van der Waals surface area contributed by atoms with Crippen molar-refractivity contribution in [2.45, 2.75) is 45.0 Å². The van der Waals surface area contributed by atoms with Gasteiger partial charge in [0.15, 0.2) is 7.28 Å². The van der Waals surface area contributed by atoms with Crippen molar-refractivity contribution < 1.29 is 5.11 Å². The van der Waals surface area contributed by atoms with Crippen LogP contribution < -0.4 is 5.32 Å². The van der Waals surface area contributed by atoms with Crippen molar-refractivity contribution in [1.82, 2.24) is 5.32 Å². The number of hydrogen-bond donors (Lipinski definition) is 2. The average molecular weight is 183 g/mol. The molecule has 0 spiro atoms. The number of rotatable bonds is 5. The molecular weight excluding hydrogens is 160 g/mol. The molecule has 0 aromatic rings. The summed E-state index contributed by atoms with van der Waals surface area (Å²) in [7, 11) is 4.69. The zero-order valence-electron chi connectivity index (χ0n) is 9.89. The zero-order valence-corrected chi connectivity index (χ0v) is 9.89. The lowest BCUT2D eigenvalue weighted by Gasteiger charge is -2.37. The first-order valence-corrected chi connectivity index (χ1v) is 5.16. The third kappa shape index (κ3) is 4.19. The summed E-state index contributed by atoms with van der Waals surface area (Å²) in [5.41, 5.74) is 0. The van der Waals surface area contributed by atoms with E-state index in [4.69, 9.17) is 0 Å². The number of aliphatic hydroxyl groups is 1. The van der Waals surface area contributed by atoms with Crippen LogP contribution in [0.4, 0.5) is 0 Å². The Balaban J connectivity index is 4.37. The van der Waals surface area contributed by atoms with Gasteiger partial charge < -0.3 is 10.4 Å². The van der Waals surface area contributed by atoms with Gasteiger partial charge in [-0.3, -0.25) is 0 Å². The van der Waals surface area contributed by atoms with E-state index < -0.39 is 0 Å². The third-order valence-corrected chi connectivity index (χ3v) is 2.64. The van der Waals surface area contributed by atoms with E-state index in [1.165, 1.54) is 0 Å². The van der Waals surface area contributed by atoms with Crippen LogP contribution in [0.25, 0.3) is 0 Å². The van der Waals surface area contributed by atoms with Gasteiger partial charge in [0.25, 0.3) is 0 Å². The van der Waals surface area contributed by atoms with E-state index in [2.05, 4.69) is 33.0 Å². The van der Waals surface area contributed by atoms with Gasteiger partial charge in [0, 0.05) is 6.04 Å². The van der Waals surface area contributed by atoms with Gasteiger partial charge in [0.2, 0.25) is 0 Å². The maximum absolute atomic E-state index is 9.39. The molecule has 0 rings (SSSR count). The molecule has 1 unspecified atom stereocenters. The Kier molecular flexibility index (Phi) is 5.08. The largest absolute Gasteiger partial charge is 0.410 e. The molecule has 2 atom stereocenters. The molecule has 0 heterocycles. The quantitative estimate of drug-likeness (QED) is 0.577. The Labute approximate surface area is 84.1 Å². The monoisotopic (exact) mass is 183 g/mol. The van der Waals surface area contributed by atoms with E-state index in [-0.39, 0.29) is 11.2 Å². The second-order valence-corrected chi connectivity index (χ2v) is 5.05. The van der Waals surface area contributed by atoms with Crippen LogP contribution in [0, 0.1) is 5.92 Å². The van der Waals surface area contributed by atoms with Gasteiger partial charge in [0.1, 0.15) is 7.85 Å². The molecule has 0 aliphatic heterocycles. The molecule has 0 fully saturated rings. The summed E-state index contributed by atoms with van der Waals surface area (Å²) in [6, 6.07) is 0.460. The highest BCUT2D eigenvalue weighted by Crippen LogP contribution is 2.32. The minimum Gasteiger partial charge on any atom is -0.410 e. The Morgan fingerprint density at radius 3 is 2.08 bits per heavy atom. The van der Waals surface area contributed by atoms with Gasteiger partial charge in [-0.25, -0.2) is 0 Å². The second-order valence-electron chi connectivity index (χ2n) is 5.05. The molecule has 0 aromatic heterocycles. The maximum atomic E-state index is 9.39. The predicted molar refractivity (Wildman–Crippen MR) is 63.4 cm³/mol. The summed E-state index contributed by atoms with van der Waals surface area (Å²) >= 11 is 0. The Bertz CT molecular complexity index is 149. The van der Waals surface area contributed by atoms with E-state index in [9.17, 15) is 5.11 Å². The van der Waals surface area contributed by atoms with E-state index in [0.29, 0.717) is 12.0 Å². The van der Waals surface area contributed by atoms with Crippen molar-refractivity contribution in [2.75, 3.05) is 7.05 Å². The molecule has 0 aliphatic carbocycles. The average Bonchev–Trinajstić information content (AvgIpc) is 1.82. The Morgan fingerprint density at radius 1 is 1.38 bits per heavy atom. The van der Waals surface area contributed by atoms with Gasteiger partial charge >= 0.3 is 0 Å². The number of nitrogens with one attached hydrogen (secondary N) is 1. The molecule has 2 N–H and O–H groups in total. The summed E-state index contributed by atoms with van der Waals surface area (Å²) in [4.78, 5) is 0. The first-order chi connectivity index (χ1) is 5.81. The summed E-state index contributed by atoms with van der Waals surface area (Å²) < 4.78 is 0. The predicted octanol–water partition coefficient (Wildman–Crippen LogP) is -0.226. The first kappa shape index (κ1) is 13.0.